The van der Waals surface area contributed by atoms with Crippen LogP contribution in [0.2, 0.25) is 0 Å². The Balaban J connectivity index is 1.85. The summed E-state index contributed by atoms with van der Waals surface area (Å²) in [6.07, 6.45) is 2.01. The van der Waals surface area contributed by atoms with Crippen molar-refractivity contribution in [2.24, 2.45) is 0 Å². The number of carboxylic acid groups (broad SMARTS) is 1. The Hall–Kier alpha value is -2.14. The maximum Gasteiger partial charge on any atom is 0.320 e. The zero-order valence-electron chi connectivity index (χ0n) is 11.2. The fourth-order valence-corrected chi connectivity index (χ4v) is 2.49. The molecule has 1 aliphatic heterocycles. The molecule has 0 amide bonds. The Labute approximate surface area is 116 Å². The fourth-order valence-electron chi connectivity index (χ4n) is 2.49. The van der Waals surface area contributed by atoms with Crippen LogP contribution < -0.4 is 10.1 Å². The van der Waals surface area contributed by atoms with Crippen molar-refractivity contribution in [3.05, 3.63) is 36.0 Å². The van der Waals surface area contributed by atoms with Gasteiger partial charge in [-0.2, -0.15) is 0 Å². The molecular weight excluding hydrogens is 256 g/mol. The molecule has 2 heterocycles. The van der Waals surface area contributed by atoms with Gasteiger partial charge < -0.3 is 15.2 Å². The third-order valence-corrected chi connectivity index (χ3v) is 3.55. The van der Waals surface area contributed by atoms with Crippen LogP contribution in [0.4, 0.5) is 0 Å². The van der Waals surface area contributed by atoms with Crippen LogP contribution in [-0.2, 0) is 4.79 Å². The van der Waals surface area contributed by atoms with Gasteiger partial charge in [0.25, 0.3) is 0 Å². The number of aliphatic carboxylic acids is 1. The van der Waals surface area contributed by atoms with Crippen molar-refractivity contribution in [2.45, 2.75) is 25.5 Å². The summed E-state index contributed by atoms with van der Waals surface area (Å²) in [5, 5.41) is 13.9. The van der Waals surface area contributed by atoms with Crippen molar-refractivity contribution in [1.82, 2.24) is 10.3 Å². The first-order valence-corrected chi connectivity index (χ1v) is 6.62. The van der Waals surface area contributed by atoms with Crippen LogP contribution in [0.25, 0.3) is 10.8 Å². The van der Waals surface area contributed by atoms with Crippen LogP contribution in [0.15, 0.2) is 30.5 Å². The monoisotopic (exact) mass is 272 g/mol. The maximum atomic E-state index is 10.9. The number of pyridine rings is 1. The molecule has 0 bridgehead atoms. The van der Waals surface area contributed by atoms with Crippen molar-refractivity contribution in [2.75, 3.05) is 6.54 Å². The van der Waals surface area contributed by atoms with Crippen molar-refractivity contribution in [3.63, 3.8) is 0 Å². The second kappa shape index (κ2) is 5.09. The Kier molecular flexibility index (Phi) is 3.28. The highest BCUT2D eigenvalue weighted by molar-refractivity contribution is 5.87. The minimum Gasteiger partial charge on any atom is -0.480 e. The molecule has 3 rings (SSSR count). The molecule has 0 spiro atoms. The maximum absolute atomic E-state index is 10.9. The number of aromatic nitrogens is 1. The van der Waals surface area contributed by atoms with Gasteiger partial charge in [0.15, 0.2) is 0 Å². The molecule has 1 aromatic carbocycles. The van der Waals surface area contributed by atoms with E-state index in [0.29, 0.717) is 18.8 Å². The molecule has 1 aromatic heterocycles. The minimum atomic E-state index is -0.835. The van der Waals surface area contributed by atoms with Crippen molar-refractivity contribution in [3.8, 4) is 5.88 Å². The van der Waals surface area contributed by atoms with Gasteiger partial charge in [0, 0.05) is 24.5 Å². The number of nitrogens with zero attached hydrogens (tertiary/aromatic N) is 1. The molecule has 5 nitrogen and oxygen atoms in total. The Morgan fingerprint density at radius 1 is 1.45 bits per heavy atom. The predicted molar refractivity (Wildman–Crippen MR) is 74.9 cm³/mol. The number of hydrogen-bond donors (Lipinski definition) is 2. The number of ether oxygens (including phenoxy) is 1. The smallest absolute Gasteiger partial charge is 0.320 e. The molecule has 0 saturated carbocycles. The second-order valence-electron chi connectivity index (χ2n) is 5.12. The first-order valence-electron chi connectivity index (χ1n) is 6.62. The first-order chi connectivity index (χ1) is 9.63. The number of rotatable bonds is 3. The quantitative estimate of drug-likeness (QED) is 0.890. The molecule has 1 fully saturated rings. The standard InChI is InChI=1S/C15H16N2O3/c1-9-2-3-10-4-5-16-14(12(10)6-9)20-11-7-13(15(18)19)17-8-11/h2-6,11,13,17H,7-8H2,1H3,(H,18,19)/t11?,13-/m0/s1. The summed E-state index contributed by atoms with van der Waals surface area (Å²) in [7, 11) is 0. The molecule has 2 N–H and O–H groups in total. The summed E-state index contributed by atoms with van der Waals surface area (Å²) in [6, 6.07) is 7.52. The largest absolute Gasteiger partial charge is 0.480 e. The number of hydrogen-bond acceptors (Lipinski definition) is 4. The Bertz CT molecular complexity index is 657. The molecule has 2 aromatic rings. The van der Waals surface area contributed by atoms with Gasteiger partial charge >= 0.3 is 5.97 Å². The van der Waals surface area contributed by atoms with Crippen molar-refractivity contribution >= 4 is 16.7 Å². The van der Waals surface area contributed by atoms with E-state index >= 15 is 0 Å². The fraction of sp³-hybridized carbons (Fsp3) is 0.333. The first kappa shape index (κ1) is 12.9. The lowest BCUT2D eigenvalue weighted by atomic mass is 10.1. The van der Waals surface area contributed by atoms with Crippen LogP contribution in [-0.4, -0.2) is 34.8 Å². The number of carboxylic acids is 1. The average molecular weight is 272 g/mol. The molecule has 104 valence electrons. The third kappa shape index (κ3) is 2.44. The lowest BCUT2D eigenvalue weighted by molar-refractivity contribution is -0.139. The van der Waals surface area contributed by atoms with Gasteiger partial charge in [-0.15, -0.1) is 0 Å². The number of nitrogens with one attached hydrogen (secondary N) is 1. The van der Waals surface area contributed by atoms with Gasteiger partial charge in [0.05, 0.1) is 0 Å². The highest BCUT2D eigenvalue weighted by atomic mass is 16.5. The molecule has 1 saturated heterocycles. The Morgan fingerprint density at radius 2 is 2.30 bits per heavy atom. The number of carbonyl (C=O) groups is 1. The average Bonchev–Trinajstić information content (AvgIpc) is 2.88. The summed E-state index contributed by atoms with van der Waals surface area (Å²) in [6.45, 7) is 2.55. The molecular formula is C15H16N2O3. The summed E-state index contributed by atoms with van der Waals surface area (Å²) in [4.78, 5) is 15.2. The molecule has 1 aliphatic rings. The summed E-state index contributed by atoms with van der Waals surface area (Å²) < 4.78 is 5.89. The van der Waals surface area contributed by atoms with Crippen LogP contribution in [0.5, 0.6) is 5.88 Å². The molecule has 2 atom stereocenters. The summed E-state index contributed by atoms with van der Waals surface area (Å²) in [5.41, 5.74) is 1.14. The van der Waals surface area contributed by atoms with Gasteiger partial charge in [-0.1, -0.05) is 17.7 Å². The van der Waals surface area contributed by atoms with Gasteiger partial charge in [0.1, 0.15) is 12.1 Å². The summed E-state index contributed by atoms with van der Waals surface area (Å²) >= 11 is 0. The van der Waals surface area contributed by atoms with E-state index in [9.17, 15) is 4.79 Å². The van der Waals surface area contributed by atoms with Gasteiger partial charge in [-0.25, -0.2) is 4.98 Å². The SMILES string of the molecule is Cc1ccc2ccnc(OC3CN[C@H](C(=O)O)C3)c2c1. The van der Waals surface area contributed by atoms with Crippen LogP contribution in [0.1, 0.15) is 12.0 Å². The van der Waals surface area contributed by atoms with Gasteiger partial charge in [0.2, 0.25) is 5.88 Å². The number of benzene rings is 1. The highest BCUT2D eigenvalue weighted by Crippen LogP contribution is 2.26. The second-order valence-corrected chi connectivity index (χ2v) is 5.12. The lowest BCUT2D eigenvalue weighted by Gasteiger charge is -2.13. The van der Waals surface area contributed by atoms with E-state index < -0.39 is 12.0 Å². The van der Waals surface area contributed by atoms with Crippen molar-refractivity contribution in [1.29, 1.82) is 0 Å². The van der Waals surface area contributed by atoms with Crippen molar-refractivity contribution < 1.29 is 14.6 Å². The topological polar surface area (TPSA) is 71.5 Å². The zero-order valence-corrected chi connectivity index (χ0v) is 11.2. The zero-order chi connectivity index (χ0) is 14.1. The predicted octanol–water partition coefficient (Wildman–Crippen LogP) is 1.74. The van der Waals surface area contributed by atoms with E-state index in [0.717, 1.165) is 16.3 Å². The molecule has 0 radical (unpaired) electrons. The molecule has 0 aliphatic carbocycles. The normalized spacial score (nSPS) is 22.1. The van der Waals surface area contributed by atoms with E-state index in [1.807, 2.05) is 31.2 Å². The number of fused-ring (bicyclic) bond motifs is 1. The molecule has 1 unspecified atom stereocenters. The van der Waals surface area contributed by atoms with E-state index in [4.69, 9.17) is 9.84 Å². The van der Waals surface area contributed by atoms with Gasteiger partial charge in [-0.05, 0) is 24.4 Å². The van der Waals surface area contributed by atoms with Gasteiger partial charge in [-0.3, -0.25) is 4.79 Å². The Morgan fingerprint density at radius 3 is 3.05 bits per heavy atom. The van der Waals surface area contributed by atoms with E-state index in [1.54, 1.807) is 6.20 Å². The molecule has 5 heteroatoms. The van der Waals surface area contributed by atoms with Crippen LogP contribution >= 0.6 is 0 Å². The third-order valence-electron chi connectivity index (χ3n) is 3.55. The van der Waals surface area contributed by atoms with E-state index in [-0.39, 0.29) is 6.10 Å². The number of aryl methyl sites for hydroxylation is 1. The minimum absolute atomic E-state index is 0.158. The van der Waals surface area contributed by atoms with Crippen LogP contribution in [0, 0.1) is 6.92 Å². The van der Waals surface area contributed by atoms with E-state index in [2.05, 4.69) is 10.3 Å². The van der Waals surface area contributed by atoms with E-state index in [1.165, 1.54) is 0 Å². The highest BCUT2D eigenvalue weighted by Gasteiger charge is 2.30. The summed E-state index contributed by atoms with van der Waals surface area (Å²) in [5.74, 6) is -0.262. The molecule has 20 heavy (non-hydrogen) atoms. The van der Waals surface area contributed by atoms with Crippen LogP contribution in [0.3, 0.4) is 0 Å². The lowest BCUT2D eigenvalue weighted by Crippen LogP contribution is -2.30.